The van der Waals surface area contributed by atoms with Gasteiger partial charge >= 0.3 is 11.8 Å². The van der Waals surface area contributed by atoms with Crippen LogP contribution in [0.15, 0.2) is 70.4 Å². The van der Waals surface area contributed by atoms with Crippen molar-refractivity contribution in [3.05, 3.63) is 93.4 Å². The minimum Gasteiger partial charge on any atom is -0.443 e. The summed E-state index contributed by atoms with van der Waals surface area (Å²) < 4.78 is 51.4. The second kappa shape index (κ2) is 14.5. The highest BCUT2D eigenvalue weighted by atomic mass is 35.5. The maximum atomic E-state index is 15.6. The summed E-state index contributed by atoms with van der Waals surface area (Å²) in [6, 6.07) is 15.5. The Bertz CT molecular complexity index is 1880. The minimum atomic E-state index is -4.35. The van der Waals surface area contributed by atoms with Gasteiger partial charge in [0.05, 0.1) is 22.2 Å². The molecule has 0 saturated carbocycles. The Labute approximate surface area is 273 Å². The van der Waals surface area contributed by atoms with Crippen molar-refractivity contribution in [3.63, 3.8) is 0 Å². The number of benzene rings is 3. The molecule has 0 spiro atoms. The topological polar surface area (TPSA) is 124 Å². The molecule has 246 valence electrons. The normalized spacial score (nSPS) is 11.8. The maximum absolute atomic E-state index is 15.6. The van der Waals surface area contributed by atoms with Crippen molar-refractivity contribution in [1.29, 1.82) is 0 Å². The number of aromatic nitrogens is 3. The number of hydrogen-bond donors (Lipinski definition) is 2. The number of hydrogen-bond acceptors (Lipinski definition) is 7. The van der Waals surface area contributed by atoms with Crippen LogP contribution in [0.5, 0.6) is 0 Å². The van der Waals surface area contributed by atoms with Gasteiger partial charge in [0.15, 0.2) is 0 Å². The molecule has 3 aromatic carbocycles. The molecular formula is C33H39ClFN5O5S. The van der Waals surface area contributed by atoms with Crippen molar-refractivity contribution in [2.75, 3.05) is 11.9 Å². The molecule has 0 aliphatic carbocycles. The molecule has 13 heteroatoms. The number of nitrogens with one attached hydrogen (secondary N) is 2. The summed E-state index contributed by atoms with van der Waals surface area (Å²) in [5, 5.41) is 8.20. The number of ether oxygens (including phenoxy) is 1. The van der Waals surface area contributed by atoms with Crippen LogP contribution in [0, 0.1) is 5.82 Å². The Hall–Kier alpha value is -4.16. The first-order valence-electron chi connectivity index (χ1n) is 15.1. The highest BCUT2D eigenvalue weighted by Gasteiger charge is 2.26. The quantitative estimate of drug-likeness (QED) is 0.157. The summed E-state index contributed by atoms with van der Waals surface area (Å²) in [6.45, 7) is 9.49. The van der Waals surface area contributed by atoms with Crippen LogP contribution in [0.4, 0.5) is 14.9 Å². The minimum absolute atomic E-state index is 0.110. The van der Waals surface area contributed by atoms with E-state index in [1.54, 1.807) is 45.0 Å². The third kappa shape index (κ3) is 8.35. The molecule has 0 aliphatic heterocycles. The fraction of sp³-hybridized carbons (Fsp3) is 0.364. The predicted octanol–water partition coefficient (Wildman–Crippen LogP) is 6.92. The number of carbonyl (C=O) groups is 1. The van der Waals surface area contributed by atoms with Gasteiger partial charge in [-0.2, -0.15) is 4.68 Å². The van der Waals surface area contributed by atoms with E-state index in [9.17, 15) is 18.0 Å². The number of amides is 1. The lowest BCUT2D eigenvalue weighted by molar-refractivity contribution is 0.0570. The fourth-order valence-electron chi connectivity index (χ4n) is 4.82. The summed E-state index contributed by atoms with van der Waals surface area (Å²) in [5.41, 5.74) is 0.478. The Balaban J connectivity index is 1.63. The van der Waals surface area contributed by atoms with Crippen LogP contribution >= 0.6 is 11.6 Å². The van der Waals surface area contributed by atoms with Crippen molar-refractivity contribution in [2.24, 2.45) is 0 Å². The number of sulfonamides is 1. The first-order chi connectivity index (χ1) is 21.7. The molecular weight excluding hydrogens is 633 g/mol. The maximum Gasteiger partial charge on any atom is 0.421 e. The first kappa shape index (κ1) is 34.7. The molecule has 1 heterocycles. The lowest BCUT2D eigenvalue weighted by Crippen LogP contribution is -2.36. The highest BCUT2D eigenvalue weighted by Crippen LogP contribution is 2.29. The third-order valence-corrected chi connectivity index (χ3v) is 8.71. The van der Waals surface area contributed by atoms with E-state index in [2.05, 4.69) is 17.3 Å². The zero-order valence-corrected chi connectivity index (χ0v) is 28.1. The summed E-state index contributed by atoms with van der Waals surface area (Å²) >= 11 is 6.48. The molecule has 0 radical (unpaired) electrons. The Kier molecular flexibility index (Phi) is 10.9. The van der Waals surface area contributed by atoms with Gasteiger partial charge in [-0.15, -0.1) is 5.10 Å². The smallest absolute Gasteiger partial charge is 0.421 e. The molecule has 4 aromatic rings. The van der Waals surface area contributed by atoms with Gasteiger partial charge < -0.3 is 10.1 Å². The average Bonchev–Trinajstić information content (AvgIpc) is 3.30. The van der Waals surface area contributed by atoms with E-state index in [-0.39, 0.29) is 28.1 Å². The van der Waals surface area contributed by atoms with Crippen LogP contribution in [0.1, 0.15) is 65.3 Å². The molecule has 0 atom stereocenters. The highest BCUT2D eigenvalue weighted by molar-refractivity contribution is 7.90. The average molecular weight is 672 g/mol. The number of halogens is 2. The third-order valence-electron chi connectivity index (χ3n) is 7.02. The van der Waals surface area contributed by atoms with Gasteiger partial charge in [0.25, 0.3) is 10.0 Å². The van der Waals surface area contributed by atoms with E-state index >= 15 is 4.39 Å². The van der Waals surface area contributed by atoms with Gasteiger partial charge in [-0.1, -0.05) is 68.6 Å². The van der Waals surface area contributed by atoms with E-state index in [4.69, 9.17) is 16.3 Å². The van der Waals surface area contributed by atoms with Gasteiger partial charge in [-0.25, -0.2) is 27.1 Å². The lowest BCUT2D eigenvalue weighted by Gasteiger charge is -2.20. The first-order valence-corrected chi connectivity index (χ1v) is 17.0. The van der Waals surface area contributed by atoms with Crippen molar-refractivity contribution in [2.45, 2.75) is 77.3 Å². The molecule has 2 N–H and O–H groups in total. The molecule has 0 unspecified atom stereocenters. The summed E-state index contributed by atoms with van der Waals surface area (Å²) in [5.74, 6) is -0.210. The van der Waals surface area contributed by atoms with Crippen LogP contribution in [-0.2, 0) is 27.7 Å². The number of nitrogens with zero attached hydrogens (tertiary/aromatic N) is 3. The van der Waals surface area contributed by atoms with Crippen LogP contribution < -0.4 is 15.7 Å². The SMILES string of the molecule is CCCCCNc1ccc(Cl)c(-n2nc(CC)n(Cc3ccc(-c4ccccc4S(=O)(=O)NC(=O)OC(C)(C)C)cc3F)c2=O)c1. The molecule has 0 saturated heterocycles. The number of rotatable bonds is 12. The molecule has 0 aliphatic rings. The number of aryl methyl sites for hydroxylation is 1. The van der Waals surface area contributed by atoms with E-state index in [1.165, 1.54) is 39.6 Å². The molecule has 0 fully saturated rings. The van der Waals surface area contributed by atoms with E-state index in [0.717, 1.165) is 31.5 Å². The van der Waals surface area contributed by atoms with E-state index in [0.29, 0.717) is 23.0 Å². The lowest BCUT2D eigenvalue weighted by atomic mass is 10.0. The van der Waals surface area contributed by atoms with E-state index in [1.807, 2.05) is 17.7 Å². The number of unbranched alkanes of at least 4 members (excludes halogenated alkanes) is 2. The summed E-state index contributed by atoms with van der Waals surface area (Å²) in [7, 11) is -4.35. The number of anilines is 1. The molecule has 10 nitrogen and oxygen atoms in total. The van der Waals surface area contributed by atoms with Gasteiger partial charge in [-0.3, -0.25) is 4.57 Å². The molecule has 1 amide bonds. The summed E-state index contributed by atoms with van der Waals surface area (Å²) in [4.78, 5) is 25.6. The van der Waals surface area contributed by atoms with Crippen molar-refractivity contribution in [1.82, 2.24) is 19.1 Å². The van der Waals surface area contributed by atoms with Crippen LogP contribution in [0.2, 0.25) is 5.02 Å². The molecule has 0 bridgehead atoms. The second-order valence-corrected chi connectivity index (χ2v) is 13.8. The Morgan fingerprint density at radius 3 is 2.46 bits per heavy atom. The van der Waals surface area contributed by atoms with Crippen LogP contribution in [0.25, 0.3) is 16.8 Å². The van der Waals surface area contributed by atoms with Crippen molar-refractivity contribution in [3.8, 4) is 16.8 Å². The largest absolute Gasteiger partial charge is 0.443 e. The molecule has 4 rings (SSSR count). The van der Waals surface area contributed by atoms with Crippen LogP contribution in [-0.4, -0.2) is 41.0 Å². The predicted molar refractivity (Wildman–Crippen MR) is 178 cm³/mol. The fourth-order valence-corrected chi connectivity index (χ4v) is 6.13. The zero-order valence-electron chi connectivity index (χ0n) is 26.6. The molecule has 46 heavy (non-hydrogen) atoms. The van der Waals surface area contributed by atoms with Crippen molar-refractivity contribution >= 4 is 33.4 Å². The number of carbonyl (C=O) groups excluding carboxylic acids is 1. The molecule has 1 aromatic heterocycles. The van der Waals surface area contributed by atoms with Crippen LogP contribution in [0.3, 0.4) is 0 Å². The van der Waals surface area contributed by atoms with Gasteiger partial charge in [0.2, 0.25) is 0 Å². The zero-order chi connectivity index (χ0) is 33.6. The standard InChI is InChI=1S/C33H39ClFN5O5S/c1-6-8-11-18-36-24-16-17-26(34)28(20-24)40-32(42)39(30(7-2)37-40)21-23-15-14-22(19-27(23)35)25-12-9-10-13-29(25)46(43,44)38-31(41)45-33(3,4)5/h9-10,12-17,19-20,36H,6-8,11,18,21H2,1-5H3,(H,38,41). The monoisotopic (exact) mass is 671 g/mol. The Morgan fingerprint density at radius 2 is 1.78 bits per heavy atom. The van der Waals surface area contributed by atoms with Crippen molar-refractivity contribution < 1.29 is 22.3 Å². The Morgan fingerprint density at radius 1 is 1.04 bits per heavy atom. The van der Waals surface area contributed by atoms with Gasteiger partial charge in [0.1, 0.15) is 17.2 Å². The second-order valence-electron chi connectivity index (χ2n) is 11.8. The van der Waals surface area contributed by atoms with E-state index < -0.39 is 33.2 Å². The summed E-state index contributed by atoms with van der Waals surface area (Å²) in [6.07, 6.45) is 2.50. The van der Waals surface area contributed by atoms with Gasteiger partial charge in [-0.05, 0) is 63.1 Å². The van der Waals surface area contributed by atoms with Gasteiger partial charge in [0, 0.05) is 29.8 Å².